The predicted octanol–water partition coefficient (Wildman–Crippen LogP) is 3.42. The summed E-state index contributed by atoms with van der Waals surface area (Å²) in [7, 11) is 1.50. The fourth-order valence-electron chi connectivity index (χ4n) is 11.4. The van der Waals surface area contributed by atoms with Gasteiger partial charge >= 0.3 is 0 Å². The second kappa shape index (κ2) is 33.4. The average molecular weight is 1320 g/mol. The van der Waals surface area contributed by atoms with Gasteiger partial charge < -0.3 is 67.6 Å². The van der Waals surface area contributed by atoms with Crippen LogP contribution >= 0.6 is 23.5 Å². The number of thioether (sulfide) groups is 2. The molecule has 4 aliphatic heterocycles. The first-order chi connectivity index (χ1) is 44.6. The van der Waals surface area contributed by atoms with Gasteiger partial charge in [0, 0.05) is 91.8 Å². The van der Waals surface area contributed by atoms with Crippen LogP contribution in [0.2, 0.25) is 0 Å². The van der Waals surface area contributed by atoms with Crippen molar-refractivity contribution in [3.63, 3.8) is 0 Å². The Morgan fingerprint density at radius 1 is 0.645 bits per heavy atom. The molecule has 5 heterocycles. The number of hydrogen-bond acceptors (Lipinski definition) is 14. The summed E-state index contributed by atoms with van der Waals surface area (Å²) in [6.45, 7) is 6.45. The van der Waals surface area contributed by atoms with Gasteiger partial charge in [-0.2, -0.15) is 23.5 Å². The van der Waals surface area contributed by atoms with E-state index < -0.39 is 101 Å². The molecule has 6 bridgehead atoms. The Morgan fingerprint density at radius 2 is 1.31 bits per heavy atom. The van der Waals surface area contributed by atoms with Crippen LogP contribution in [-0.2, 0) is 85.3 Å². The molecule has 498 valence electrons. The van der Waals surface area contributed by atoms with E-state index in [0.717, 1.165) is 11.1 Å². The highest BCUT2D eigenvalue weighted by atomic mass is 32.2. The van der Waals surface area contributed by atoms with Gasteiger partial charge in [0.25, 0.3) is 0 Å². The van der Waals surface area contributed by atoms with Crippen LogP contribution in [0.4, 0.5) is 4.39 Å². The standard InChI is InChI=1S/C67H84FN11O12S2/c1-39-59(83)73-40(2)60(84)75-53-31-42-14-16-44(17-15-42)35-71-56(81)13-7-6-12-52(74-63(87)54(76-62(53)86)33-47-36-70-51-23-20-48(68)34-50(47)51)61(85)78-58(41(3)80)64(88)77-55(32-43-18-21-49(91-5)22-19-43)65(89)79-27-9-25-67(79,4)66(90)69-26-29-93-38-46-11-8-10-45(30-46)37-92-28-24-57(82)72-39/h8,10-11,14-23,30,34,36,39-41,52-55,58,70,80H,6-7,9,12-13,24-29,31-33,35,37-38H2,1-5H3,(H,69,90)(H,71,81)(H,72,82)(H,73,83)(H,74,87)(H,75,84)(H,76,86)(H,77,88)(H,78,85)/t39-,40+,41+,52-,53-,54-,55-,58-,67-/m0/s1. The van der Waals surface area contributed by atoms with E-state index in [9.17, 15) is 47.9 Å². The molecule has 23 nitrogen and oxygen atoms in total. The summed E-state index contributed by atoms with van der Waals surface area (Å²) in [6.07, 6.45) is 0.589. The smallest absolute Gasteiger partial charge is 0.246 e. The van der Waals surface area contributed by atoms with Crippen molar-refractivity contribution in [2.75, 3.05) is 31.7 Å². The molecule has 5 aromatic rings. The van der Waals surface area contributed by atoms with Crippen molar-refractivity contribution < 1.29 is 62.2 Å². The SMILES string of the molecule is COc1ccc(C[C@@H]2NC(=O)[C@H]([C@@H](C)O)NC(=O)[C@@H]3CCCCC(=O)NCc4ccc(cc4)C[C@H](NC(=O)[C@@H](C)NC(=O)[C@H](C)NC(=O)CCSCc4cccc(c4)CSCCNC(=O)[C@]4(C)CCCN4C2=O)C(=O)N[C@@H](Cc2c[nH]c4ccc(F)cc24)C(=O)N3)cc1. The summed E-state index contributed by atoms with van der Waals surface area (Å²) in [5, 5.41) is 36.6. The number of amides is 10. The summed E-state index contributed by atoms with van der Waals surface area (Å²) >= 11 is 3.16. The first kappa shape index (κ1) is 70.4. The summed E-state index contributed by atoms with van der Waals surface area (Å²) in [5.74, 6) is -4.63. The zero-order chi connectivity index (χ0) is 66.8. The fourth-order valence-corrected chi connectivity index (χ4v) is 13.1. The molecule has 11 N–H and O–H groups in total. The number of methoxy groups -OCH3 is 1. The molecule has 1 fully saturated rings. The van der Waals surface area contributed by atoms with Crippen molar-refractivity contribution in [1.29, 1.82) is 0 Å². The van der Waals surface area contributed by atoms with Gasteiger partial charge in [0.2, 0.25) is 59.1 Å². The highest BCUT2D eigenvalue weighted by molar-refractivity contribution is 7.98. The molecule has 9 rings (SSSR count). The molecule has 0 spiro atoms. The molecule has 0 saturated carbocycles. The number of aliphatic hydroxyl groups excluding tert-OH is 1. The quantitative estimate of drug-likeness (QED) is 0.116. The zero-order valence-corrected chi connectivity index (χ0v) is 54.6. The molecule has 0 aliphatic carbocycles. The molecule has 26 heteroatoms. The van der Waals surface area contributed by atoms with E-state index >= 15 is 9.59 Å². The Labute approximate surface area is 548 Å². The summed E-state index contributed by atoms with van der Waals surface area (Å²) in [4.78, 5) is 148. The number of aromatic nitrogens is 1. The minimum absolute atomic E-state index is 0.0255. The Morgan fingerprint density at radius 3 is 2.03 bits per heavy atom. The molecular formula is C67H84FN11O12S2. The van der Waals surface area contributed by atoms with Crippen LogP contribution in [0.3, 0.4) is 0 Å². The van der Waals surface area contributed by atoms with Crippen LogP contribution < -0.4 is 52.6 Å². The lowest BCUT2D eigenvalue weighted by Gasteiger charge is -2.37. The number of H-pyrrole nitrogens is 1. The molecule has 9 atom stereocenters. The maximum Gasteiger partial charge on any atom is 0.246 e. The van der Waals surface area contributed by atoms with Gasteiger partial charge in [-0.15, -0.1) is 0 Å². The molecule has 4 aliphatic rings. The summed E-state index contributed by atoms with van der Waals surface area (Å²) in [6, 6.07) is 15.9. The highest BCUT2D eigenvalue weighted by Crippen LogP contribution is 2.31. The molecule has 4 aromatic carbocycles. The number of aliphatic hydroxyl groups is 1. The van der Waals surface area contributed by atoms with Gasteiger partial charge in [0.05, 0.1) is 13.2 Å². The number of hydrogen-bond donors (Lipinski definition) is 11. The number of nitrogens with zero attached hydrogens (tertiary/aromatic N) is 1. The molecular weight excluding hydrogens is 1230 g/mol. The maximum atomic E-state index is 15.1. The monoisotopic (exact) mass is 1320 g/mol. The highest BCUT2D eigenvalue weighted by Gasteiger charge is 2.48. The third kappa shape index (κ3) is 19.8. The van der Waals surface area contributed by atoms with Crippen LogP contribution in [-0.4, -0.2) is 160 Å². The van der Waals surface area contributed by atoms with Crippen molar-refractivity contribution in [1.82, 2.24) is 57.7 Å². The number of nitrogens with one attached hydrogen (secondary N) is 10. The van der Waals surface area contributed by atoms with Gasteiger partial charge in [0.15, 0.2) is 0 Å². The lowest BCUT2D eigenvalue weighted by molar-refractivity contribution is -0.147. The molecule has 1 saturated heterocycles. The van der Waals surface area contributed by atoms with Crippen LogP contribution in [0.25, 0.3) is 10.9 Å². The summed E-state index contributed by atoms with van der Waals surface area (Å²) < 4.78 is 20.3. The van der Waals surface area contributed by atoms with Crippen LogP contribution in [0, 0.1) is 5.82 Å². The van der Waals surface area contributed by atoms with Gasteiger partial charge in [-0.1, -0.05) is 67.1 Å². The molecule has 1 aromatic heterocycles. The van der Waals surface area contributed by atoms with E-state index in [1.165, 1.54) is 51.0 Å². The number of benzene rings is 4. The normalized spacial score (nSPS) is 25.2. The van der Waals surface area contributed by atoms with Crippen molar-refractivity contribution in [3.8, 4) is 5.75 Å². The van der Waals surface area contributed by atoms with Crippen LogP contribution in [0.5, 0.6) is 5.75 Å². The molecule has 93 heavy (non-hydrogen) atoms. The third-order valence-corrected chi connectivity index (χ3v) is 18.9. The Kier molecular flexibility index (Phi) is 25.3. The van der Waals surface area contributed by atoms with E-state index in [0.29, 0.717) is 81.3 Å². The first-order valence-electron chi connectivity index (χ1n) is 31.4. The topological polar surface area (TPSA) is 327 Å². The van der Waals surface area contributed by atoms with Crippen LogP contribution in [0.15, 0.2) is 97.2 Å². The minimum atomic E-state index is -1.75. The van der Waals surface area contributed by atoms with E-state index in [2.05, 4.69) is 58.9 Å². The first-order valence-corrected chi connectivity index (χ1v) is 33.7. The number of carbonyl (C=O) groups excluding carboxylic acids is 10. The number of aromatic amines is 1. The number of ether oxygens (including phenoxy) is 1. The van der Waals surface area contributed by atoms with Gasteiger partial charge in [-0.05, 0) is 117 Å². The maximum absolute atomic E-state index is 15.1. The molecule has 0 unspecified atom stereocenters. The number of halogens is 1. The van der Waals surface area contributed by atoms with Gasteiger partial charge in [-0.25, -0.2) is 4.39 Å². The summed E-state index contributed by atoms with van der Waals surface area (Å²) in [5.41, 5.74) is 3.55. The van der Waals surface area contributed by atoms with Gasteiger partial charge in [0.1, 0.15) is 59.4 Å². The Balaban J connectivity index is 1.12. The van der Waals surface area contributed by atoms with E-state index in [1.54, 1.807) is 85.2 Å². The second-order valence-corrected chi connectivity index (χ2v) is 26.3. The third-order valence-electron chi connectivity index (χ3n) is 16.9. The van der Waals surface area contributed by atoms with Crippen LogP contribution in [0.1, 0.15) is 106 Å². The zero-order valence-electron chi connectivity index (χ0n) is 53.0. The lowest BCUT2D eigenvalue weighted by atomic mass is 9.95. The minimum Gasteiger partial charge on any atom is -0.497 e. The lowest BCUT2D eigenvalue weighted by Crippen LogP contribution is -2.63. The largest absolute Gasteiger partial charge is 0.497 e. The number of carbonyl (C=O) groups is 10. The Bertz CT molecular complexity index is 3500. The van der Waals surface area contributed by atoms with E-state index in [-0.39, 0.29) is 82.2 Å². The molecule has 10 amide bonds. The van der Waals surface area contributed by atoms with Crippen molar-refractivity contribution in [3.05, 3.63) is 136 Å². The average Bonchev–Trinajstić information content (AvgIpc) is 1.70. The number of rotatable bonds is 6. The second-order valence-electron chi connectivity index (χ2n) is 24.1. The number of fused-ring (bicyclic) bond motifs is 12. The van der Waals surface area contributed by atoms with Crippen molar-refractivity contribution >= 4 is 93.5 Å². The van der Waals surface area contributed by atoms with E-state index in [4.69, 9.17) is 4.74 Å². The Hall–Kier alpha value is -8.49. The van der Waals surface area contributed by atoms with Crippen molar-refractivity contribution in [2.24, 2.45) is 0 Å². The molecule has 0 radical (unpaired) electrons. The van der Waals surface area contributed by atoms with Crippen molar-refractivity contribution in [2.45, 2.75) is 164 Å². The van der Waals surface area contributed by atoms with E-state index in [1.807, 2.05) is 18.2 Å². The predicted molar refractivity (Wildman–Crippen MR) is 351 cm³/mol. The van der Waals surface area contributed by atoms with Gasteiger partial charge in [-0.3, -0.25) is 47.9 Å². The fraction of sp³-hybridized carbons (Fsp3) is 0.463.